The Morgan fingerprint density at radius 3 is 2.56 bits per heavy atom. The minimum absolute atomic E-state index is 0.0655. The molecule has 0 aromatic heterocycles. The molecule has 0 bridgehead atoms. The molecule has 0 fully saturated rings. The number of halogens is 2. The molecule has 25 heavy (non-hydrogen) atoms. The van der Waals surface area contributed by atoms with Gasteiger partial charge in [0.05, 0.1) is 5.25 Å². The van der Waals surface area contributed by atoms with Gasteiger partial charge in [0.1, 0.15) is 0 Å². The van der Waals surface area contributed by atoms with E-state index in [-0.39, 0.29) is 11.2 Å². The average Bonchev–Trinajstić information content (AvgIpc) is 2.58. The Morgan fingerprint density at radius 2 is 1.88 bits per heavy atom. The number of hydrogen-bond acceptors (Lipinski definition) is 3. The van der Waals surface area contributed by atoms with Gasteiger partial charge in [-0.15, -0.1) is 11.8 Å². The van der Waals surface area contributed by atoms with Crippen LogP contribution in [0.15, 0.2) is 47.4 Å². The minimum Gasteiger partial charge on any atom is -0.354 e. The van der Waals surface area contributed by atoms with Crippen LogP contribution in [0.5, 0.6) is 0 Å². The smallest absolute Gasteiger partial charge is 0.233 e. The lowest BCUT2D eigenvalue weighted by Gasteiger charge is -2.12. The van der Waals surface area contributed by atoms with Crippen molar-refractivity contribution in [2.24, 2.45) is 0 Å². The van der Waals surface area contributed by atoms with Gasteiger partial charge in [0, 0.05) is 33.0 Å². The van der Waals surface area contributed by atoms with E-state index in [1.165, 1.54) is 5.56 Å². The molecule has 1 amide bonds. The molecule has 0 unspecified atom stereocenters. The zero-order valence-corrected chi connectivity index (χ0v) is 17.4. The summed E-state index contributed by atoms with van der Waals surface area (Å²) < 4.78 is 0. The molecule has 134 valence electrons. The first-order chi connectivity index (χ1) is 12.0. The zero-order valence-electron chi connectivity index (χ0n) is 14.2. The van der Waals surface area contributed by atoms with Gasteiger partial charge in [-0.1, -0.05) is 47.0 Å². The van der Waals surface area contributed by atoms with Crippen LogP contribution in [0.25, 0.3) is 0 Å². The predicted octanol–water partition coefficient (Wildman–Crippen LogP) is 5.83. The SMILES string of the molecule is Cc1ccc(S[C@@H](C)C(=O)NCCSCc2ccc(Cl)cc2Cl)cc1. The minimum atomic E-state index is -0.113. The highest BCUT2D eigenvalue weighted by atomic mass is 35.5. The van der Waals surface area contributed by atoms with Crippen molar-refractivity contribution in [2.45, 2.75) is 29.7 Å². The summed E-state index contributed by atoms with van der Waals surface area (Å²) in [7, 11) is 0. The van der Waals surface area contributed by atoms with Gasteiger partial charge < -0.3 is 5.32 Å². The fraction of sp³-hybridized carbons (Fsp3) is 0.316. The van der Waals surface area contributed by atoms with Crippen molar-refractivity contribution in [1.82, 2.24) is 5.32 Å². The van der Waals surface area contributed by atoms with Crippen molar-refractivity contribution in [1.29, 1.82) is 0 Å². The Bertz CT molecular complexity index is 707. The molecule has 0 spiro atoms. The fourth-order valence-corrected chi connectivity index (χ4v) is 4.39. The summed E-state index contributed by atoms with van der Waals surface area (Å²) in [6, 6.07) is 13.8. The van der Waals surface area contributed by atoms with Gasteiger partial charge in [0.25, 0.3) is 0 Å². The summed E-state index contributed by atoms with van der Waals surface area (Å²) >= 11 is 15.4. The molecule has 2 rings (SSSR count). The molecule has 2 aromatic carbocycles. The van der Waals surface area contributed by atoms with Gasteiger partial charge in [-0.05, 0) is 43.7 Å². The van der Waals surface area contributed by atoms with E-state index in [1.54, 1.807) is 29.6 Å². The summed E-state index contributed by atoms with van der Waals surface area (Å²) in [6.07, 6.45) is 0. The van der Waals surface area contributed by atoms with E-state index in [9.17, 15) is 4.79 Å². The largest absolute Gasteiger partial charge is 0.354 e. The average molecular weight is 414 g/mol. The third-order valence-corrected chi connectivity index (χ3v) is 6.23. The quantitative estimate of drug-likeness (QED) is 0.435. The summed E-state index contributed by atoms with van der Waals surface area (Å²) in [4.78, 5) is 13.3. The van der Waals surface area contributed by atoms with E-state index in [2.05, 4.69) is 36.5 Å². The van der Waals surface area contributed by atoms with E-state index in [1.807, 2.05) is 19.1 Å². The topological polar surface area (TPSA) is 29.1 Å². The van der Waals surface area contributed by atoms with Gasteiger partial charge in [0.15, 0.2) is 0 Å². The maximum atomic E-state index is 12.2. The van der Waals surface area contributed by atoms with Gasteiger partial charge in [0.2, 0.25) is 5.91 Å². The van der Waals surface area contributed by atoms with Gasteiger partial charge in [-0.3, -0.25) is 4.79 Å². The number of carbonyl (C=O) groups is 1. The molecule has 1 N–H and O–H groups in total. The molecular formula is C19H21Cl2NOS2. The maximum Gasteiger partial charge on any atom is 0.233 e. The van der Waals surface area contributed by atoms with E-state index >= 15 is 0 Å². The summed E-state index contributed by atoms with van der Waals surface area (Å²) in [5.74, 6) is 1.71. The fourth-order valence-electron chi connectivity index (χ4n) is 2.09. The second kappa shape index (κ2) is 10.4. The highest BCUT2D eigenvalue weighted by Crippen LogP contribution is 2.25. The first-order valence-electron chi connectivity index (χ1n) is 7.98. The Hall–Kier alpha value is -0.810. The van der Waals surface area contributed by atoms with E-state index in [4.69, 9.17) is 23.2 Å². The Morgan fingerprint density at radius 1 is 1.16 bits per heavy atom. The predicted molar refractivity (Wildman–Crippen MR) is 112 cm³/mol. The molecular weight excluding hydrogens is 393 g/mol. The molecule has 0 aliphatic heterocycles. The van der Waals surface area contributed by atoms with Crippen LogP contribution in [0.1, 0.15) is 18.1 Å². The monoisotopic (exact) mass is 413 g/mol. The molecule has 0 heterocycles. The van der Waals surface area contributed by atoms with Crippen LogP contribution in [-0.2, 0) is 10.5 Å². The Balaban J connectivity index is 1.66. The second-order valence-corrected chi connectivity index (χ2v) is 9.02. The summed E-state index contributed by atoms with van der Waals surface area (Å²) in [5, 5.41) is 4.21. The van der Waals surface area contributed by atoms with Crippen LogP contribution < -0.4 is 5.32 Å². The van der Waals surface area contributed by atoms with Crippen LogP contribution in [0.2, 0.25) is 10.0 Å². The lowest BCUT2D eigenvalue weighted by Crippen LogP contribution is -2.32. The third-order valence-electron chi connectivity index (χ3n) is 3.52. The molecule has 0 aliphatic rings. The molecule has 2 nitrogen and oxygen atoms in total. The molecule has 0 saturated heterocycles. The van der Waals surface area contributed by atoms with Crippen LogP contribution in [0.3, 0.4) is 0 Å². The number of benzene rings is 2. The van der Waals surface area contributed by atoms with Crippen molar-refractivity contribution >= 4 is 52.6 Å². The zero-order chi connectivity index (χ0) is 18.2. The van der Waals surface area contributed by atoms with E-state index in [0.717, 1.165) is 22.0 Å². The van der Waals surface area contributed by atoms with Crippen molar-refractivity contribution in [2.75, 3.05) is 12.3 Å². The summed E-state index contributed by atoms with van der Waals surface area (Å²) in [6.45, 7) is 4.63. The van der Waals surface area contributed by atoms with Crippen molar-refractivity contribution in [3.63, 3.8) is 0 Å². The van der Waals surface area contributed by atoms with Gasteiger partial charge in [-0.2, -0.15) is 11.8 Å². The lowest BCUT2D eigenvalue weighted by atomic mass is 10.2. The number of hydrogen-bond donors (Lipinski definition) is 1. The summed E-state index contributed by atoms with van der Waals surface area (Å²) in [5.41, 5.74) is 2.28. The molecule has 0 aliphatic carbocycles. The number of aryl methyl sites for hydroxylation is 1. The van der Waals surface area contributed by atoms with Crippen LogP contribution in [0.4, 0.5) is 0 Å². The Kier molecular flexibility index (Phi) is 8.50. The second-order valence-electron chi connectivity index (χ2n) is 5.65. The van der Waals surface area contributed by atoms with E-state index in [0.29, 0.717) is 16.6 Å². The van der Waals surface area contributed by atoms with Crippen molar-refractivity contribution in [3.05, 3.63) is 63.6 Å². The molecule has 0 radical (unpaired) electrons. The molecule has 0 saturated carbocycles. The molecule has 6 heteroatoms. The normalized spacial score (nSPS) is 12.0. The first-order valence-corrected chi connectivity index (χ1v) is 10.8. The third kappa shape index (κ3) is 7.14. The number of amides is 1. The van der Waals surface area contributed by atoms with Gasteiger partial charge >= 0.3 is 0 Å². The van der Waals surface area contributed by atoms with Crippen LogP contribution in [0, 0.1) is 6.92 Å². The van der Waals surface area contributed by atoms with E-state index < -0.39 is 0 Å². The highest BCUT2D eigenvalue weighted by Gasteiger charge is 2.13. The highest BCUT2D eigenvalue weighted by molar-refractivity contribution is 8.00. The molecule has 1 atom stereocenters. The van der Waals surface area contributed by atoms with Crippen LogP contribution >= 0.6 is 46.7 Å². The van der Waals surface area contributed by atoms with Crippen molar-refractivity contribution in [3.8, 4) is 0 Å². The maximum absolute atomic E-state index is 12.2. The standard InChI is InChI=1S/C19H21Cl2NOS2/c1-13-3-7-17(8-4-13)25-14(2)19(23)22-9-10-24-12-15-5-6-16(20)11-18(15)21/h3-8,11,14H,9-10,12H2,1-2H3,(H,22,23)/t14-/m0/s1. The number of thioether (sulfide) groups is 2. The number of rotatable bonds is 8. The van der Waals surface area contributed by atoms with Crippen molar-refractivity contribution < 1.29 is 4.79 Å². The number of carbonyl (C=O) groups excluding carboxylic acids is 1. The first kappa shape index (κ1) is 20.5. The number of nitrogens with one attached hydrogen (secondary N) is 1. The Labute approximate surface area is 168 Å². The molecule has 2 aromatic rings. The van der Waals surface area contributed by atoms with Gasteiger partial charge in [-0.25, -0.2) is 0 Å². The lowest BCUT2D eigenvalue weighted by molar-refractivity contribution is -0.120. The van der Waals surface area contributed by atoms with Crippen LogP contribution in [-0.4, -0.2) is 23.5 Å².